The normalized spacial score (nSPS) is 21.7. The van der Waals surface area contributed by atoms with Gasteiger partial charge < -0.3 is 9.30 Å². The summed E-state index contributed by atoms with van der Waals surface area (Å²) in [7, 11) is -3.52. The fourth-order valence-electron chi connectivity index (χ4n) is 5.06. The Balaban J connectivity index is 1.45. The highest BCUT2D eigenvalue weighted by atomic mass is 32.2. The van der Waals surface area contributed by atoms with Gasteiger partial charge in [-0.15, -0.1) is 0 Å². The van der Waals surface area contributed by atoms with E-state index in [4.69, 9.17) is 9.72 Å². The van der Waals surface area contributed by atoms with Gasteiger partial charge in [-0.05, 0) is 67.3 Å². The zero-order chi connectivity index (χ0) is 24.4. The van der Waals surface area contributed by atoms with Crippen molar-refractivity contribution in [2.75, 3.05) is 19.7 Å². The van der Waals surface area contributed by atoms with E-state index in [0.717, 1.165) is 67.2 Å². The fourth-order valence-corrected chi connectivity index (χ4v) is 7.66. The Labute approximate surface area is 213 Å². The van der Waals surface area contributed by atoms with Crippen LogP contribution >= 0.6 is 11.8 Å². The van der Waals surface area contributed by atoms with Crippen LogP contribution in [0, 0.1) is 5.92 Å². The van der Waals surface area contributed by atoms with Crippen molar-refractivity contribution < 1.29 is 13.2 Å². The van der Waals surface area contributed by atoms with Crippen molar-refractivity contribution in [3.8, 4) is 0 Å². The van der Waals surface area contributed by atoms with E-state index < -0.39 is 10.0 Å². The number of ether oxygens (including phenoxy) is 1. The smallest absolute Gasteiger partial charge is 0.243 e. The minimum atomic E-state index is -3.52. The van der Waals surface area contributed by atoms with Gasteiger partial charge in [0.1, 0.15) is 0 Å². The standard InChI is InChI=1S/C27H35N3O3S2/c1-3-21-8-10-22(11-9-21)19-34-27-28-25-16-24(35(31,32)29-14-4-6-20(2)17-29)12-13-26(25)30(27)18-23-7-5-15-33-23/h8-13,16,20,23H,3-7,14-15,17-19H2,1-2H3/t20-,23-/m1/s1. The molecule has 188 valence electrons. The SMILES string of the molecule is CCc1ccc(CSc2nc3cc(S(=O)(=O)N4CCC[C@@H](C)C4)ccc3n2C[C@H]2CCCO2)cc1. The maximum atomic E-state index is 13.4. The van der Waals surface area contributed by atoms with E-state index in [1.54, 1.807) is 28.2 Å². The summed E-state index contributed by atoms with van der Waals surface area (Å²) in [5.74, 6) is 1.21. The first-order valence-electron chi connectivity index (χ1n) is 12.8. The fraction of sp³-hybridized carbons (Fsp3) is 0.519. The molecule has 5 rings (SSSR count). The molecule has 0 unspecified atom stereocenters. The number of thioether (sulfide) groups is 1. The molecule has 0 aliphatic carbocycles. The third kappa shape index (κ3) is 5.45. The number of nitrogens with zero attached hydrogens (tertiary/aromatic N) is 3. The van der Waals surface area contributed by atoms with Gasteiger partial charge in [-0.1, -0.05) is 49.9 Å². The number of hydrogen-bond donors (Lipinski definition) is 0. The summed E-state index contributed by atoms with van der Waals surface area (Å²) in [6.45, 7) is 7.01. The zero-order valence-electron chi connectivity index (χ0n) is 20.7. The van der Waals surface area contributed by atoms with Crippen LogP contribution in [0.4, 0.5) is 0 Å². The lowest BCUT2D eigenvalue weighted by molar-refractivity contribution is 0.0960. The zero-order valence-corrected chi connectivity index (χ0v) is 22.3. The Morgan fingerprint density at radius 3 is 2.60 bits per heavy atom. The van der Waals surface area contributed by atoms with Crippen LogP contribution in [0.25, 0.3) is 11.0 Å². The van der Waals surface area contributed by atoms with Gasteiger partial charge in [0.25, 0.3) is 0 Å². The molecule has 2 atom stereocenters. The number of imidazole rings is 1. The minimum absolute atomic E-state index is 0.175. The molecular weight excluding hydrogens is 478 g/mol. The number of aromatic nitrogens is 2. The monoisotopic (exact) mass is 513 g/mol. The van der Waals surface area contributed by atoms with Gasteiger partial charge in [0.05, 0.1) is 28.6 Å². The first-order valence-corrected chi connectivity index (χ1v) is 15.2. The average molecular weight is 514 g/mol. The summed E-state index contributed by atoms with van der Waals surface area (Å²) < 4.78 is 36.5. The first-order chi connectivity index (χ1) is 16.9. The molecule has 0 bridgehead atoms. The predicted octanol–water partition coefficient (Wildman–Crippen LogP) is 5.49. The molecule has 0 radical (unpaired) electrons. The number of piperidine rings is 1. The summed E-state index contributed by atoms with van der Waals surface area (Å²) in [5.41, 5.74) is 4.29. The quantitative estimate of drug-likeness (QED) is 0.373. The molecule has 6 nitrogen and oxygen atoms in total. The topological polar surface area (TPSA) is 64.4 Å². The van der Waals surface area contributed by atoms with Gasteiger partial charge in [0, 0.05) is 25.4 Å². The summed E-state index contributed by atoms with van der Waals surface area (Å²) in [4.78, 5) is 5.27. The van der Waals surface area contributed by atoms with Crippen LogP contribution < -0.4 is 0 Å². The lowest BCUT2D eigenvalue weighted by Gasteiger charge is -2.30. The van der Waals surface area contributed by atoms with Crippen molar-refractivity contribution in [3.63, 3.8) is 0 Å². The minimum Gasteiger partial charge on any atom is -0.376 e. The molecule has 2 aliphatic rings. The molecular formula is C27H35N3O3S2. The van der Waals surface area contributed by atoms with Crippen LogP contribution in [0.15, 0.2) is 52.5 Å². The molecule has 2 fully saturated rings. The molecule has 3 heterocycles. The number of fused-ring (bicyclic) bond motifs is 1. The predicted molar refractivity (Wildman–Crippen MR) is 141 cm³/mol. The number of rotatable bonds is 8. The lowest BCUT2D eigenvalue weighted by Crippen LogP contribution is -2.39. The molecule has 2 aliphatic heterocycles. The van der Waals surface area contributed by atoms with E-state index in [9.17, 15) is 8.42 Å². The summed E-state index contributed by atoms with van der Waals surface area (Å²) in [6, 6.07) is 14.2. The van der Waals surface area contributed by atoms with Crippen molar-refractivity contribution in [1.29, 1.82) is 0 Å². The molecule has 2 saturated heterocycles. The van der Waals surface area contributed by atoms with E-state index >= 15 is 0 Å². The highest BCUT2D eigenvalue weighted by Gasteiger charge is 2.29. The second kappa shape index (κ2) is 10.6. The van der Waals surface area contributed by atoms with E-state index in [0.29, 0.717) is 23.9 Å². The Kier molecular flexibility index (Phi) is 7.53. The molecule has 0 spiro atoms. The largest absolute Gasteiger partial charge is 0.376 e. The summed E-state index contributed by atoms with van der Waals surface area (Å²) >= 11 is 1.70. The van der Waals surface area contributed by atoms with Crippen LogP contribution in [0.3, 0.4) is 0 Å². The van der Waals surface area contributed by atoms with Crippen LogP contribution in [-0.2, 0) is 33.5 Å². The van der Waals surface area contributed by atoms with Crippen LogP contribution in [-0.4, -0.2) is 48.1 Å². The van der Waals surface area contributed by atoms with Crippen molar-refractivity contribution in [1.82, 2.24) is 13.9 Å². The molecule has 2 aromatic carbocycles. The maximum Gasteiger partial charge on any atom is 0.243 e. The van der Waals surface area contributed by atoms with Crippen molar-refractivity contribution in [2.45, 2.75) is 74.4 Å². The number of benzene rings is 2. The molecule has 0 saturated carbocycles. The Morgan fingerprint density at radius 1 is 1.09 bits per heavy atom. The molecule has 1 aromatic heterocycles. The van der Waals surface area contributed by atoms with E-state index in [2.05, 4.69) is 42.7 Å². The molecule has 0 amide bonds. The molecule has 8 heteroatoms. The average Bonchev–Trinajstić information content (AvgIpc) is 3.51. The van der Waals surface area contributed by atoms with Crippen LogP contribution in [0.5, 0.6) is 0 Å². The van der Waals surface area contributed by atoms with Gasteiger partial charge in [0.15, 0.2) is 5.16 Å². The van der Waals surface area contributed by atoms with Crippen LogP contribution in [0.1, 0.15) is 50.7 Å². The number of sulfonamides is 1. The Morgan fingerprint density at radius 2 is 1.89 bits per heavy atom. The molecule has 0 N–H and O–H groups in total. The van der Waals surface area contributed by atoms with Gasteiger partial charge in [-0.3, -0.25) is 0 Å². The van der Waals surface area contributed by atoms with Crippen molar-refractivity contribution in [2.24, 2.45) is 5.92 Å². The van der Waals surface area contributed by atoms with Gasteiger partial charge in [0.2, 0.25) is 10.0 Å². The molecule has 3 aromatic rings. The highest BCUT2D eigenvalue weighted by Crippen LogP contribution is 2.31. The van der Waals surface area contributed by atoms with E-state index in [1.165, 1.54) is 11.1 Å². The Hall–Kier alpha value is -1.87. The highest BCUT2D eigenvalue weighted by molar-refractivity contribution is 7.98. The third-order valence-corrected chi connectivity index (χ3v) is 10.1. The first kappa shape index (κ1) is 24.8. The second-order valence-electron chi connectivity index (χ2n) is 9.86. The van der Waals surface area contributed by atoms with E-state index in [1.807, 2.05) is 6.07 Å². The van der Waals surface area contributed by atoms with Gasteiger partial charge in [-0.2, -0.15) is 4.31 Å². The number of aryl methyl sites for hydroxylation is 1. The Bertz CT molecular complexity index is 1260. The van der Waals surface area contributed by atoms with Crippen molar-refractivity contribution >= 4 is 32.8 Å². The maximum absolute atomic E-state index is 13.4. The lowest BCUT2D eigenvalue weighted by atomic mass is 10.0. The summed E-state index contributed by atoms with van der Waals surface area (Å²) in [5, 5.41) is 0.913. The second-order valence-corrected chi connectivity index (χ2v) is 12.7. The van der Waals surface area contributed by atoms with Gasteiger partial charge >= 0.3 is 0 Å². The van der Waals surface area contributed by atoms with Crippen molar-refractivity contribution in [3.05, 3.63) is 53.6 Å². The van der Waals surface area contributed by atoms with Crippen LogP contribution in [0.2, 0.25) is 0 Å². The third-order valence-electron chi connectivity index (χ3n) is 7.15. The number of hydrogen-bond acceptors (Lipinski definition) is 5. The van der Waals surface area contributed by atoms with E-state index in [-0.39, 0.29) is 6.10 Å². The summed E-state index contributed by atoms with van der Waals surface area (Å²) in [6.07, 6.45) is 5.33. The molecule has 35 heavy (non-hydrogen) atoms. The van der Waals surface area contributed by atoms with Gasteiger partial charge in [-0.25, -0.2) is 13.4 Å².